The van der Waals surface area contributed by atoms with Crippen LogP contribution in [0, 0.1) is 5.82 Å². The fourth-order valence-electron chi connectivity index (χ4n) is 2.77. The third-order valence-electron chi connectivity index (χ3n) is 3.87. The Balaban J connectivity index is 1.81. The zero-order chi connectivity index (χ0) is 18.0. The lowest BCUT2D eigenvalue weighted by Crippen LogP contribution is -2.41. The molecule has 1 N–H and O–H groups in total. The number of para-hydroxylation sites is 2. The Bertz CT molecular complexity index is 828. The van der Waals surface area contributed by atoms with Gasteiger partial charge in [-0.15, -0.1) is 0 Å². The molecule has 2 amide bonds. The van der Waals surface area contributed by atoms with Gasteiger partial charge in [0.05, 0.1) is 15.8 Å². The molecule has 1 unspecified atom stereocenters. The van der Waals surface area contributed by atoms with Crippen molar-refractivity contribution in [1.29, 1.82) is 0 Å². The first-order chi connectivity index (χ1) is 12.0. The van der Waals surface area contributed by atoms with Crippen molar-refractivity contribution in [2.24, 2.45) is 0 Å². The topological polar surface area (TPSA) is 58.6 Å². The molecule has 0 spiro atoms. The highest BCUT2D eigenvalue weighted by Gasteiger charge is 2.29. The van der Waals surface area contributed by atoms with Gasteiger partial charge in [0.2, 0.25) is 5.91 Å². The van der Waals surface area contributed by atoms with Crippen LogP contribution in [-0.2, 0) is 9.59 Å². The van der Waals surface area contributed by atoms with Crippen LogP contribution in [0.5, 0.6) is 5.75 Å². The summed E-state index contributed by atoms with van der Waals surface area (Å²) in [5.41, 5.74) is 1.22. The maximum Gasteiger partial charge on any atom is 0.265 e. The number of rotatable bonds is 3. The zero-order valence-corrected chi connectivity index (χ0v) is 15.0. The van der Waals surface area contributed by atoms with Crippen molar-refractivity contribution in [3.05, 3.63) is 52.8 Å². The third kappa shape index (κ3) is 3.82. The van der Waals surface area contributed by atoms with Gasteiger partial charge in [-0.25, -0.2) is 4.39 Å². The molecule has 2 aromatic carbocycles. The van der Waals surface area contributed by atoms with Crippen LogP contribution in [-0.4, -0.2) is 24.5 Å². The molecular weight excluding hydrogens is 391 g/mol. The third-order valence-corrected chi connectivity index (χ3v) is 4.49. The second-order valence-corrected chi connectivity index (χ2v) is 6.60. The molecule has 0 aromatic heterocycles. The normalized spacial score (nSPS) is 16.7. The lowest BCUT2D eigenvalue weighted by atomic mass is 10.1. The minimum Gasteiger partial charge on any atom is -0.483 e. The lowest BCUT2D eigenvalue weighted by Gasteiger charge is -2.27. The molecule has 130 valence electrons. The Kier molecular flexibility index (Phi) is 5.03. The largest absolute Gasteiger partial charge is 0.483 e. The van der Waals surface area contributed by atoms with Gasteiger partial charge in [-0.2, -0.15) is 0 Å². The number of nitrogens with zero attached hydrogens (tertiary/aromatic N) is 1. The average Bonchev–Trinajstić information content (AvgIpc) is 2.68. The van der Waals surface area contributed by atoms with Crippen LogP contribution < -0.4 is 15.0 Å². The van der Waals surface area contributed by atoms with E-state index in [4.69, 9.17) is 4.74 Å². The van der Waals surface area contributed by atoms with Crippen LogP contribution in [0.1, 0.15) is 13.3 Å². The van der Waals surface area contributed by atoms with Gasteiger partial charge in [-0.3, -0.25) is 9.59 Å². The van der Waals surface area contributed by atoms with Crippen LogP contribution in [0.25, 0.3) is 0 Å². The molecular formula is C18H16BrFN2O3. The molecule has 0 saturated carbocycles. The Morgan fingerprint density at radius 3 is 2.88 bits per heavy atom. The summed E-state index contributed by atoms with van der Waals surface area (Å²) in [6, 6.07) is 10.8. The lowest BCUT2D eigenvalue weighted by molar-refractivity contribution is -0.121. The highest BCUT2D eigenvalue weighted by Crippen LogP contribution is 2.31. The number of nitrogens with one attached hydrogen (secondary N) is 1. The van der Waals surface area contributed by atoms with Crippen molar-refractivity contribution in [2.75, 3.05) is 16.8 Å². The standard InChI is InChI=1S/C18H16BrFN2O3/c1-11-8-17(23)21-14-4-2-3-5-15(14)22(11)18(24)10-25-16-7-6-12(20)9-13(16)19/h2-7,9,11H,8,10H2,1H3,(H,21,23). The predicted octanol–water partition coefficient (Wildman–Crippen LogP) is 3.73. The molecule has 25 heavy (non-hydrogen) atoms. The van der Waals surface area contributed by atoms with E-state index in [1.807, 2.05) is 6.92 Å². The average molecular weight is 407 g/mol. The van der Waals surface area contributed by atoms with Crippen LogP contribution in [0.3, 0.4) is 0 Å². The summed E-state index contributed by atoms with van der Waals surface area (Å²) in [5, 5.41) is 2.80. The number of benzene rings is 2. The monoisotopic (exact) mass is 406 g/mol. The molecule has 0 saturated heterocycles. The number of fused-ring (bicyclic) bond motifs is 1. The fourth-order valence-corrected chi connectivity index (χ4v) is 3.23. The molecule has 5 nitrogen and oxygen atoms in total. The van der Waals surface area contributed by atoms with Gasteiger partial charge in [0.25, 0.3) is 5.91 Å². The SMILES string of the molecule is CC1CC(=O)Nc2ccccc2N1C(=O)COc1ccc(F)cc1Br. The number of carbonyl (C=O) groups excluding carboxylic acids is 2. The van der Waals surface area contributed by atoms with Crippen LogP contribution >= 0.6 is 15.9 Å². The maximum absolute atomic E-state index is 13.1. The van der Waals surface area contributed by atoms with Crippen molar-refractivity contribution in [2.45, 2.75) is 19.4 Å². The highest BCUT2D eigenvalue weighted by atomic mass is 79.9. The van der Waals surface area contributed by atoms with Gasteiger partial charge >= 0.3 is 0 Å². The molecule has 1 heterocycles. The first-order valence-corrected chi connectivity index (χ1v) is 8.54. The maximum atomic E-state index is 13.1. The number of amides is 2. The Hall–Kier alpha value is -2.41. The zero-order valence-electron chi connectivity index (χ0n) is 13.5. The summed E-state index contributed by atoms with van der Waals surface area (Å²) in [6.07, 6.45) is 0.195. The number of hydrogen-bond donors (Lipinski definition) is 1. The first kappa shape index (κ1) is 17.4. The Morgan fingerprint density at radius 2 is 2.12 bits per heavy atom. The molecule has 0 fully saturated rings. The molecule has 1 atom stereocenters. The van der Waals surface area contributed by atoms with E-state index < -0.39 is 5.82 Å². The summed E-state index contributed by atoms with van der Waals surface area (Å²) in [6.45, 7) is 1.59. The van der Waals surface area contributed by atoms with Crippen molar-refractivity contribution >= 4 is 39.1 Å². The van der Waals surface area contributed by atoms with E-state index in [2.05, 4.69) is 21.2 Å². The second-order valence-electron chi connectivity index (χ2n) is 5.75. The number of carbonyl (C=O) groups is 2. The van der Waals surface area contributed by atoms with Gasteiger partial charge in [0.1, 0.15) is 11.6 Å². The van der Waals surface area contributed by atoms with Crippen molar-refractivity contribution in [3.8, 4) is 5.75 Å². The molecule has 1 aliphatic rings. The Morgan fingerprint density at radius 1 is 1.36 bits per heavy atom. The predicted molar refractivity (Wildman–Crippen MR) is 96.2 cm³/mol. The molecule has 0 aliphatic carbocycles. The summed E-state index contributed by atoms with van der Waals surface area (Å²) < 4.78 is 19.1. The number of anilines is 2. The molecule has 0 bridgehead atoms. The minimum absolute atomic E-state index is 0.141. The second kappa shape index (κ2) is 7.23. The van der Waals surface area contributed by atoms with Gasteiger partial charge in [-0.05, 0) is 53.2 Å². The van der Waals surface area contributed by atoms with E-state index in [1.54, 1.807) is 29.2 Å². The van der Waals surface area contributed by atoms with E-state index in [9.17, 15) is 14.0 Å². The summed E-state index contributed by atoms with van der Waals surface area (Å²) in [7, 11) is 0. The fraction of sp³-hybridized carbons (Fsp3) is 0.222. The molecule has 2 aromatic rings. The highest BCUT2D eigenvalue weighted by molar-refractivity contribution is 9.10. The van der Waals surface area contributed by atoms with E-state index >= 15 is 0 Å². The van der Waals surface area contributed by atoms with Crippen LogP contribution in [0.2, 0.25) is 0 Å². The van der Waals surface area contributed by atoms with Gasteiger partial charge in [0, 0.05) is 12.5 Å². The number of ether oxygens (including phenoxy) is 1. The first-order valence-electron chi connectivity index (χ1n) is 7.74. The van der Waals surface area contributed by atoms with Gasteiger partial charge < -0.3 is 15.0 Å². The molecule has 0 radical (unpaired) electrons. The van der Waals surface area contributed by atoms with Crippen molar-refractivity contribution in [3.63, 3.8) is 0 Å². The van der Waals surface area contributed by atoms with Crippen LogP contribution in [0.4, 0.5) is 15.8 Å². The molecule has 1 aliphatic heterocycles. The molecule has 7 heteroatoms. The molecule has 3 rings (SSSR count). The van der Waals surface area contributed by atoms with Crippen molar-refractivity contribution in [1.82, 2.24) is 0 Å². The number of hydrogen-bond acceptors (Lipinski definition) is 3. The Labute approximate surface area is 152 Å². The summed E-state index contributed by atoms with van der Waals surface area (Å²) in [4.78, 5) is 26.3. The quantitative estimate of drug-likeness (QED) is 0.844. The summed E-state index contributed by atoms with van der Waals surface area (Å²) >= 11 is 3.21. The smallest absolute Gasteiger partial charge is 0.265 e. The van der Waals surface area contributed by atoms with Gasteiger partial charge in [0.15, 0.2) is 6.61 Å². The minimum atomic E-state index is -0.398. The van der Waals surface area contributed by atoms with Gasteiger partial charge in [-0.1, -0.05) is 12.1 Å². The number of halogens is 2. The summed E-state index contributed by atoms with van der Waals surface area (Å²) in [5.74, 6) is -0.449. The van der Waals surface area contributed by atoms with Crippen LogP contribution in [0.15, 0.2) is 46.9 Å². The van der Waals surface area contributed by atoms with E-state index in [1.165, 1.54) is 18.2 Å². The van der Waals surface area contributed by atoms with E-state index in [0.717, 1.165) is 0 Å². The van der Waals surface area contributed by atoms with E-state index in [-0.39, 0.29) is 30.9 Å². The van der Waals surface area contributed by atoms with E-state index in [0.29, 0.717) is 21.6 Å². The van der Waals surface area contributed by atoms with Crippen molar-refractivity contribution < 1.29 is 18.7 Å².